The van der Waals surface area contributed by atoms with Crippen LogP contribution in [0.25, 0.3) is 93.5 Å². The van der Waals surface area contributed by atoms with Crippen molar-refractivity contribution in [3.63, 3.8) is 0 Å². The van der Waals surface area contributed by atoms with Crippen molar-refractivity contribution in [1.82, 2.24) is 9.55 Å². The van der Waals surface area contributed by atoms with Crippen molar-refractivity contribution in [3.05, 3.63) is 181 Å². The molecule has 1 aromatic heterocycles. The van der Waals surface area contributed by atoms with Crippen LogP contribution in [0.4, 0.5) is 0 Å². The fourth-order valence-electron chi connectivity index (χ4n) is 7.93. The van der Waals surface area contributed by atoms with Crippen LogP contribution in [0.2, 0.25) is 0 Å². The van der Waals surface area contributed by atoms with E-state index in [1.807, 2.05) is 0 Å². The molecule has 0 aliphatic heterocycles. The minimum absolute atomic E-state index is 0.930. The number of hydrogen-bond donors (Lipinski definition) is 0. The highest BCUT2D eigenvalue weighted by Crippen LogP contribution is 2.46. The Kier molecular flexibility index (Phi) is 6.43. The molecule has 0 unspecified atom stereocenters. The van der Waals surface area contributed by atoms with Crippen LogP contribution in [0.15, 0.2) is 176 Å². The molecule has 0 spiro atoms. The largest absolute Gasteiger partial charge is 0.292 e. The van der Waals surface area contributed by atoms with E-state index in [0.717, 1.165) is 28.1 Å². The molecule has 0 saturated carbocycles. The van der Waals surface area contributed by atoms with Crippen LogP contribution in [0.1, 0.15) is 5.56 Å². The number of aryl methyl sites for hydroxylation is 1. The third kappa shape index (κ3) is 4.46. The summed E-state index contributed by atoms with van der Waals surface area (Å²) in [5.41, 5.74) is 10.5. The van der Waals surface area contributed by atoms with Crippen molar-refractivity contribution >= 4 is 54.1 Å². The van der Waals surface area contributed by atoms with Gasteiger partial charge in [-0.3, -0.25) is 4.57 Å². The van der Waals surface area contributed by atoms with Gasteiger partial charge in [-0.25, -0.2) is 4.98 Å². The molecule has 0 amide bonds. The van der Waals surface area contributed by atoms with Gasteiger partial charge in [0.1, 0.15) is 5.82 Å². The van der Waals surface area contributed by atoms with Gasteiger partial charge in [-0.1, -0.05) is 133 Å². The van der Waals surface area contributed by atoms with E-state index < -0.39 is 0 Å². The molecule has 234 valence electrons. The second-order valence-electron chi connectivity index (χ2n) is 13.2. The van der Waals surface area contributed by atoms with Gasteiger partial charge in [0, 0.05) is 11.3 Å². The summed E-state index contributed by atoms with van der Waals surface area (Å²) >= 11 is 0. The molecule has 9 aromatic carbocycles. The van der Waals surface area contributed by atoms with Gasteiger partial charge in [0.15, 0.2) is 0 Å². The summed E-state index contributed by atoms with van der Waals surface area (Å²) in [7, 11) is 0. The Morgan fingerprint density at radius 3 is 1.84 bits per heavy atom. The van der Waals surface area contributed by atoms with Gasteiger partial charge in [0.25, 0.3) is 0 Å². The smallest absolute Gasteiger partial charge is 0.145 e. The summed E-state index contributed by atoms with van der Waals surface area (Å²) in [4.78, 5) is 5.26. The standard InChI is InChI=1S/C48H32N2/c1-31-12-11-15-33-23-25-36(29-42(31)33)46-39-18-7-8-19-40(39)47(35-24-22-32-13-5-6-14-34(32)28-35)43-30-37(26-27-41(43)46)48-49-44-20-9-10-21-45(44)50(48)38-16-3-2-4-17-38/h2-30H,1H3. The Hall–Kier alpha value is -6.51. The highest BCUT2D eigenvalue weighted by atomic mass is 15.1. The van der Waals surface area contributed by atoms with Crippen molar-refractivity contribution in [2.45, 2.75) is 6.92 Å². The van der Waals surface area contributed by atoms with Crippen LogP contribution in [0.5, 0.6) is 0 Å². The maximum atomic E-state index is 5.26. The molecule has 0 fully saturated rings. The van der Waals surface area contributed by atoms with E-state index in [9.17, 15) is 0 Å². The second-order valence-corrected chi connectivity index (χ2v) is 13.2. The number of benzene rings is 9. The molecule has 0 aliphatic carbocycles. The topological polar surface area (TPSA) is 17.8 Å². The monoisotopic (exact) mass is 636 g/mol. The van der Waals surface area contributed by atoms with E-state index in [1.165, 1.54) is 70.9 Å². The lowest BCUT2D eigenvalue weighted by molar-refractivity contribution is 1.10. The van der Waals surface area contributed by atoms with Crippen LogP contribution >= 0.6 is 0 Å². The molecule has 50 heavy (non-hydrogen) atoms. The maximum Gasteiger partial charge on any atom is 0.145 e. The molecule has 2 heteroatoms. The number of rotatable bonds is 4. The van der Waals surface area contributed by atoms with Gasteiger partial charge >= 0.3 is 0 Å². The van der Waals surface area contributed by atoms with Crippen molar-refractivity contribution < 1.29 is 0 Å². The molecule has 0 aliphatic rings. The quantitative estimate of drug-likeness (QED) is 0.176. The van der Waals surface area contributed by atoms with Crippen molar-refractivity contribution in [1.29, 1.82) is 0 Å². The van der Waals surface area contributed by atoms with E-state index in [1.54, 1.807) is 0 Å². The van der Waals surface area contributed by atoms with Crippen LogP contribution < -0.4 is 0 Å². The zero-order chi connectivity index (χ0) is 33.2. The molecular weight excluding hydrogens is 605 g/mol. The fourth-order valence-corrected chi connectivity index (χ4v) is 7.93. The van der Waals surface area contributed by atoms with Gasteiger partial charge in [-0.05, 0) is 120 Å². The van der Waals surface area contributed by atoms with Crippen molar-refractivity contribution in [2.75, 3.05) is 0 Å². The minimum Gasteiger partial charge on any atom is -0.292 e. The first kappa shape index (κ1) is 28.5. The van der Waals surface area contributed by atoms with Crippen molar-refractivity contribution in [3.8, 4) is 39.3 Å². The van der Waals surface area contributed by atoms with Crippen LogP contribution in [-0.4, -0.2) is 9.55 Å². The lowest BCUT2D eigenvalue weighted by atomic mass is 9.84. The Balaban J connectivity index is 1.33. The Bertz CT molecular complexity index is 2930. The molecule has 0 saturated heterocycles. The van der Waals surface area contributed by atoms with E-state index in [2.05, 4.69) is 187 Å². The molecule has 2 nitrogen and oxygen atoms in total. The maximum absolute atomic E-state index is 5.26. The number of para-hydroxylation sites is 3. The minimum atomic E-state index is 0.930. The first-order valence-corrected chi connectivity index (χ1v) is 17.2. The summed E-state index contributed by atoms with van der Waals surface area (Å²) in [5.74, 6) is 0.930. The predicted octanol–water partition coefficient (Wildman–Crippen LogP) is 12.9. The predicted molar refractivity (Wildman–Crippen MR) is 212 cm³/mol. The molecule has 1 heterocycles. The SMILES string of the molecule is Cc1cccc2ccc(-c3c4ccccc4c(-c4ccc5ccccc5c4)c4cc(-c5nc6ccccc6n5-c5ccccc5)ccc34)cc12. The highest BCUT2D eigenvalue weighted by molar-refractivity contribution is 6.22. The van der Waals surface area contributed by atoms with Gasteiger partial charge in [-0.15, -0.1) is 0 Å². The number of imidazole rings is 1. The van der Waals surface area contributed by atoms with Gasteiger partial charge in [0.2, 0.25) is 0 Å². The zero-order valence-corrected chi connectivity index (χ0v) is 27.6. The van der Waals surface area contributed by atoms with E-state index in [4.69, 9.17) is 4.98 Å². The molecule has 0 bridgehead atoms. The van der Waals surface area contributed by atoms with Crippen LogP contribution in [0.3, 0.4) is 0 Å². The molecule has 0 atom stereocenters. The Morgan fingerprint density at radius 2 is 1.00 bits per heavy atom. The lowest BCUT2D eigenvalue weighted by Crippen LogP contribution is -1.98. The number of hydrogen-bond acceptors (Lipinski definition) is 1. The fraction of sp³-hybridized carbons (Fsp3) is 0.0208. The van der Waals surface area contributed by atoms with Gasteiger partial charge < -0.3 is 0 Å². The average Bonchev–Trinajstić information content (AvgIpc) is 3.57. The van der Waals surface area contributed by atoms with E-state index in [-0.39, 0.29) is 0 Å². The number of fused-ring (bicyclic) bond motifs is 5. The van der Waals surface area contributed by atoms with Gasteiger partial charge in [0.05, 0.1) is 11.0 Å². The third-order valence-corrected chi connectivity index (χ3v) is 10.3. The Labute approximate surface area is 290 Å². The first-order valence-electron chi connectivity index (χ1n) is 17.2. The van der Waals surface area contributed by atoms with E-state index in [0.29, 0.717) is 0 Å². The number of nitrogens with zero attached hydrogens (tertiary/aromatic N) is 2. The normalized spacial score (nSPS) is 11.7. The Morgan fingerprint density at radius 1 is 0.400 bits per heavy atom. The molecular formula is C48H32N2. The number of aromatic nitrogens is 2. The van der Waals surface area contributed by atoms with Gasteiger partial charge in [-0.2, -0.15) is 0 Å². The molecule has 10 rings (SSSR count). The lowest BCUT2D eigenvalue weighted by Gasteiger charge is -2.19. The summed E-state index contributed by atoms with van der Waals surface area (Å²) in [6, 6.07) is 63.9. The molecule has 0 radical (unpaired) electrons. The summed E-state index contributed by atoms with van der Waals surface area (Å²) in [6.45, 7) is 2.20. The second kappa shape index (κ2) is 11.3. The summed E-state index contributed by atoms with van der Waals surface area (Å²) in [6.07, 6.45) is 0. The van der Waals surface area contributed by atoms with Crippen molar-refractivity contribution in [2.24, 2.45) is 0 Å². The molecule has 10 aromatic rings. The summed E-state index contributed by atoms with van der Waals surface area (Å²) < 4.78 is 2.29. The van der Waals surface area contributed by atoms with Crippen LogP contribution in [0, 0.1) is 6.92 Å². The van der Waals surface area contributed by atoms with Crippen LogP contribution in [-0.2, 0) is 0 Å². The first-order chi connectivity index (χ1) is 24.7. The summed E-state index contributed by atoms with van der Waals surface area (Å²) in [5, 5.41) is 9.95. The highest BCUT2D eigenvalue weighted by Gasteiger charge is 2.20. The third-order valence-electron chi connectivity index (χ3n) is 10.3. The average molecular weight is 637 g/mol. The zero-order valence-electron chi connectivity index (χ0n) is 27.6. The van der Waals surface area contributed by atoms with E-state index >= 15 is 0 Å². The molecule has 0 N–H and O–H groups in total.